The molecule has 2 N–H and O–H groups in total. The van der Waals surface area contributed by atoms with Gasteiger partial charge in [0.2, 0.25) is 5.91 Å². The predicted molar refractivity (Wildman–Crippen MR) is 107 cm³/mol. The van der Waals surface area contributed by atoms with Crippen LogP contribution in [0.15, 0.2) is 24.3 Å². The number of fused-ring (bicyclic) bond motifs is 1. The summed E-state index contributed by atoms with van der Waals surface area (Å²) in [5, 5.41) is 6.05. The molecule has 27 heavy (non-hydrogen) atoms. The molecule has 3 amide bonds. The highest BCUT2D eigenvalue weighted by atomic mass is 16.2. The molecule has 1 heterocycles. The van der Waals surface area contributed by atoms with E-state index in [-0.39, 0.29) is 18.0 Å². The summed E-state index contributed by atoms with van der Waals surface area (Å²) in [5.74, 6) is 0.378. The summed E-state index contributed by atoms with van der Waals surface area (Å²) >= 11 is 0. The van der Waals surface area contributed by atoms with Crippen molar-refractivity contribution < 1.29 is 9.59 Å². The Morgan fingerprint density at radius 1 is 1.11 bits per heavy atom. The lowest BCUT2D eigenvalue weighted by Gasteiger charge is -2.33. The van der Waals surface area contributed by atoms with Gasteiger partial charge in [0.25, 0.3) is 0 Å². The second-order valence-electron chi connectivity index (χ2n) is 8.41. The van der Waals surface area contributed by atoms with Crippen molar-refractivity contribution in [3.8, 4) is 0 Å². The van der Waals surface area contributed by atoms with E-state index in [0.717, 1.165) is 25.8 Å². The molecule has 0 spiro atoms. The van der Waals surface area contributed by atoms with Gasteiger partial charge in [0.15, 0.2) is 0 Å². The largest absolute Gasteiger partial charge is 0.336 e. The van der Waals surface area contributed by atoms with Crippen LogP contribution in [0, 0.1) is 5.92 Å². The fraction of sp³-hybridized carbons (Fsp3) is 0.636. The van der Waals surface area contributed by atoms with Gasteiger partial charge in [-0.2, -0.15) is 0 Å². The summed E-state index contributed by atoms with van der Waals surface area (Å²) in [6.07, 6.45) is 7.22. The van der Waals surface area contributed by atoms with Crippen molar-refractivity contribution >= 4 is 11.9 Å². The maximum absolute atomic E-state index is 13.2. The van der Waals surface area contributed by atoms with Gasteiger partial charge in [-0.1, -0.05) is 57.4 Å². The number of hydrogen-bond acceptors (Lipinski definition) is 2. The van der Waals surface area contributed by atoms with Crippen molar-refractivity contribution in [2.45, 2.75) is 77.4 Å². The Morgan fingerprint density at radius 3 is 2.52 bits per heavy atom. The first-order chi connectivity index (χ1) is 13.0. The number of amides is 3. The van der Waals surface area contributed by atoms with Crippen LogP contribution in [0.4, 0.5) is 4.79 Å². The van der Waals surface area contributed by atoms with E-state index in [1.807, 2.05) is 11.0 Å². The number of urea groups is 1. The highest BCUT2D eigenvalue weighted by Gasteiger charge is 2.29. The number of hydrogen-bond donors (Lipinski definition) is 2. The Labute approximate surface area is 162 Å². The molecule has 5 heteroatoms. The molecule has 148 valence electrons. The van der Waals surface area contributed by atoms with E-state index >= 15 is 0 Å². The minimum Gasteiger partial charge on any atom is -0.336 e. The maximum Gasteiger partial charge on any atom is 0.315 e. The lowest BCUT2D eigenvalue weighted by molar-refractivity contribution is -0.134. The highest BCUT2D eigenvalue weighted by molar-refractivity contribution is 5.87. The lowest BCUT2D eigenvalue weighted by atomic mass is 9.95. The molecule has 1 aliphatic carbocycles. The molecule has 0 radical (unpaired) electrons. The van der Waals surface area contributed by atoms with Gasteiger partial charge < -0.3 is 15.5 Å². The van der Waals surface area contributed by atoms with E-state index in [1.54, 1.807) is 0 Å². The Kier molecular flexibility index (Phi) is 6.75. The molecular weight excluding hydrogens is 338 g/mol. The molecule has 2 aliphatic rings. The molecule has 0 saturated heterocycles. The van der Waals surface area contributed by atoms with Crippen molar-refractivity contribution in [3.05, 3.63) is 35.4 Å². The minimum absolute atomic E-state index is 0.0389. The highest BCUT2D eigenvalue weighted by Crippen LogP contribution is 2.21. The fourth-order valence-electron chi connectivity index (χ4n) is 4.23. The first kappa shape index (κ1) is 19.7. The van der Waals surface area contributed by atoms with Crippen LogP contribution < -0.4 is 10.6 Å². The molecule has 1 aromatic carbocycles. The average Bonchev–Trinajstić information content (AvgIpc) is 2.67. The number of rotatable bonds is 5. The molecule has 1 aliphatic heterocycles. The number of nitrogens with zero attached hydrogens (tertiary/aromatic N) is 1. The monoisotopic (exact) mass is 371 g/mol. The van der Waals surface area contributed by atoms with Gasteiger partial charge in [-0.3, -0.25) is 4.79 Å². The molecule has 1 fully saturated rings. The van der Waals surface area contributed by atoms with Gasteiger partial charge in [-0.15, -0.1) is 0 Å². The Bertz CT molecular complexity index is 653. The zero-order valence-corrected chi connectivity index (χ0v) is 16.7. The summed E-state index contributed by atoms with van der Waals surface area (Å²) < 4.78 is 0. The number of carbonyl (C=O) groups excluding carboxylic acids is 2. The van der Waals surface area contributed by atoms with Gasteiger partial charge in [0, 0.05) is 19.1 Å². The fourth-order valence-corrected chi connectivity index (χ4v) is 4.23. The van der Waals surface area contributed by atoms with Crippen molar-refractivity contribution in [2.75, 3.05) is 6.54 Å². The summed E-state index contributed by atoms with van der Waals surface area (Å²) in [5.41, 5.74) is 2.54. The smallest absolute Gasteiger partial charge is 0.315 e. The average molecular weight is 372 g/mol. The van der Waals surface area contributed by atoms with Crippen LogP contribution in [0.5, 0.6) is 0 Å². The van der Waals surface area contributed by atoms with Gasteiger partial charge in [0.05, 0.1) is 0 Å². The molecule has 0 unspecified atom stereocenters. The summed E-state index contributed by atoms with van der Waals surface area (Å²) in [7, 11) is 0. The van der Waals surface area contributed by atoms with E-state index < -0.39 is 6.04 Å². The minimum atomic E-state index is -0.459. The standard InChI is InChI=1S/C22H33N3O2/c1-16(2)14-20(24-22(27)23-19-10-4-3-5-11-19)21(26)25-13-12-17-8-6-7-9-18(17)15-25/h6-9,16,19-20H,3-5,10-15H2,1-2H3,(H2,23,24,27)/t20-/m0/s1. The van der Waals surface area contributed by atoms with Crippen molar-refractivity contribution in [2.24, 2.45) is 5.92 Å². The van der Waals surface area contributed by atoms with Crippen molar-refractivity contribution in [1.29, 1.82) is 0 Å². The molecule has 3 rings (SSSR count). The van der Waals surface area contributed by atoms with Crippen LogP contribution in [0.25, 0.3) is 0 Å². The zero-order chi connectivity index (χ0) is 19.2. The van der Waals surface area contributed by atoms with Crippen LogP contribution >= 0.6 is 0 Å². The Morgan fingerprint density at radius 2 is 1.81 bits per heavy atom. The van der Waals surface area contributed by atoms with E-state index in [1.165, 1.54) is 30.4 Å². The van der Waals surface area contributed by atoms with E-state index in [0.29, 0.717) is 18.9 Å². The van der Waals surface area contributed by atoms with Crippen molar-refractivity contribution in [3.63, 3.8) is 0 Å². The quantitative estimate of drug-likeness (QED) is 0.830. The third-order valence-corrected chi connectivity index (χ3v) is 5.69. The van der Waals surface area contributed by atoms with Gasteiger partial charge >= 0.3 is 6.03 Å². The second-order valence-corrected chi connectivity index (χ2v) is 8.41. The van der Waals surface area contributed by atoms with Gasteiger partial charge in [-0.05, 0) is 42.7 Å². The van der Waals surface area contributed by atoms with Crippen LogP contribution in [0.1, 0.15) is 63.5 Å². The van der Waals surface area contributed by atoms with Crippen LogP contribution in [0.2, 0.25) is 0 Å². The van der Waals surface area contributed by atoms with Gasteiger partial charge in [-0.25, -0.2) is 4.79 Å². The van der Waals surface area contributed by atoms with E-state index in [9.17, 15) is 9.59 Å². The summed E-state index contributed by atoms with van der Waals surface area (Å²) in [6.45, 7) is 5.53. The first-order valence-corrected chi connectivity index (χ1v) is 10.5. The molecule has 0 bridgehead atoms. The third kappa shape index (κ3) is 5.47. The number of nitrogens with one attached hydrogen (secondary N) is 2. The molecule has 5 nitrogen and oxygen atoms in total. The Hall–Kier alpha value is -2.04. The second kappa shape index (κ2) is 9.25. The molecule has 1 saturated carbocycles. The van der Waals surface area contributed by atoms with Gasteiger partial charge in [0.1, 0.15) is 6.04 Å². The first-order valence-electron chi connectivity index (χ1n) is 10.5. The SMILES string of the molecule is CC(C)C[C@H](NC(=O)NC1CCCCC1)C(=O)N1CCc2ccccc2C1. The lowest BCUT2D eigenvalue weighted by Crippen LogP contribution is -2.54. The van der Waals surface area contributed by atoms with Crippen LogP contribution in [-0.4, -0.2) is 35.5 Å². The molecule has 1 aromatic rings. The maximum atomic E-state index is 13.2. The third-order valence-electron chi connectivity index (χ3n) is 5.69. The van der Waals surface area contributed by atoms with Crippen LogP contribution in [0.3, 0.4) is 0 Å². The molecule has 1 atom stereocenters. The number of benzene rings is 1. The summed E-state index contributed by atoms with van der Waals surface area (Å²) in [4.78, 5) is 27.5. The zero-order valence-electron chi connectivity index (χ0n) is 16.7. The normalized spacial score (nSPS) is 18.7. The molecular formula is C22H33N3O2. The van der Waals surface area contributed by atoms with Crippen molar-refractivity contribution in [1.82, 2.24) is 15.5 Å². The van der Waals surface area contributed by atoms with E-state index in [4.69, 9.17) is 0 Å². The number of carbonyl (C=O) groups is 2. The summed E-state index contributed by atoms with van der Waals surface area (Å²) in [6, 6.07) is 7.89. The molecule has 0 aromatic heterocycles. The predicted octanol–water partition coefficient (Wildman–Crippen LogP) is 3.62. The van der Waals surface area contributed by atoms with Crippen LogP contribution in [-0.2, 0) is 17.8 Å². The topological polar surface area (TPSA) is 61.4 Å². The Balaban J connectivity index is 1.61. The van der Waals surface area contributed by atoms with E-state index in [2.05, 4.69) is 42.7 Å².